The lowest BCUT2D eigenvalue weighted by atomic mass is 9.63. The van der Waals surface area contributed by atoms with E-state index in [4.69, 9.17) is 4.74 Å². The zero-order valence-corrected chi connectivity index (χ0v) is 20.1. The Morgan fingerprint density at radius 3 is 2.71 bits per heavy atom. The fraction of sp³-hybridized carbons (Fsp3) is 0.536. The van der Waals surface area contributed by atoms with E-state index in [0.29, 0.717) is 32.5 Å². The van der Waals surface area contributed by atoms with Crippen molar-refractivity contribution in [2.45, 2.75) is 62.1 Å². The smallest absolute Gasteiger partial charge is 0.391 e. The first-order valence-corrected chi connectivity index (χ1v) is 12.6. The Labute approximate surface area is 204 Å². The van der Waals surface area contributed by atoms with Crippen molar-refractivity contribution in [2.24, 2.45) is 5.92 Å². The maximum absolute atomic E-state index is 14.1. The molecule has 0 aromatic heterocycles. The van der Waals surface area contributed by atoms with E-state index in [1.807, 2.05) is 42.5 Å². The van der Waals surface area contributed by atoms with Gasteiger partial charge in [-0.05, 0) is 60.8 Å². The van der Waals surface area contributed by atoms with E-state index in [0.717, 1.165) is 41.7 Å². The lowest BCUT2D eigenvalue weighted by molar-refractivity contribution is -0.160. The summed E-state index contributed by atoms with van der Waals surface area (Å²) in [7, 11) is 1.66. The van der Waals surface area contributed by atoms with Crippen LogP contribution in [0.15, 0.2) is 48.5 Å². The highest BCUT2D eigenvalue weighted by atomic mass is 19.4. The van der Waals surface area contributed by atoms with Gasteiger partial charge in [0.15, 0.2) is 0 Å². The van der Waals surface area contributed by atoms with E-state index in [1.165, 1.54) is 0 Å². The summed E-state index contributed by atoms with van der Waals surface area (Å²) in [5.41, 5.74) is 2.91. The van der Waals surface area contributed by atoms with Crippen LogP contribution >= 0.6 is 0 Å². The molecule has 2 heterocycles. The van der Waals surface area contributed by atoms with E-state index in [-0.39, 0.29) is 17.7 Å². The van der Waals surface area contributed by atoms with Gasteiger partial charge in [-0.3, -0.25) is 4.79 Å². The summed E-state index contributed by atoms with van der Waals surface area (Å²) in [5, 5.41) is 3.42. The monoisotopic (exact) mass is 486 g/mol. The number of hydrogen-bond acceptors (Lipinski definition) is 3. The van der Waals surface area contributed by atoms with Crippen molar-refractivity contribution in [3.63, 3.8) is 0 Å². The Kier molecular flexibility index (Phi) is 6.55. The number of carbonyl (C=O) groups is 1. The number of piperidine rings is 1. The Hall–Kier alpha value is -2.54. The van der Waals surface area contributed by atoms with E-state index in [2.05, 4.69) is 11.4 Å². The van der Waals surface area contributed by atoms with Gasteiger partial charge in [0.25, 0.3) is 0 Å². The first kappa shape index (κ1) is 24.2. The fourth-order valence-electron chi connectivity index (χ4n) is 6.85. The second-order valence-corrected chi connectivity index (χ2v) is 10.3. The number of rotatable bonds is 4. The molecule has 188 valence electrons. The van der Waals surface area contributed by atoms with Gasteiger partial charge >= 0.3 is 6.18 Å². The molecule has 2 saturated heterocycles. The van der Waals surface area contributed by atoms with Gasteiger partial charge in [0, 0.05) is 31.1 Å². The average Bonchev–Trinajstić information content (AvgIpc) is 3.27. The second kappa shape index (κ2) is 9.49. The predicted octanol–water partition coefficient (Wildman–Crippen LogP) is 5.22. The third-order valence-electron chi connectivity index (χ3n) is 8.43. The first-order valence-electron chi connectivity index (χ1n) is 12.6. The number of methoxy groups -OCH3 is 1. The van der Waals surface area contributed by atoms with Crippen LogP contribution in [0.2, 0.25) is 0 Å². The van der Waals surface area contributed by atoms with Crippen LogP contribution in [-0.4, -0.2) is 49.8 Å². The number of amides is 1. The quantitative estimate of drug-likeness (QED) is 0.645. The van der Waals surface area contributed by atoms with Crippen molar-refractivity contribution in [2.75, 3.05) is 26.7 Å². The minimum Gasteiger partial charge on any atom is -0.496 e. The molecule has 0 unspecified atom stereocenters. The molecule has 0 saturated carbocycles. The molecule has 1 aliphatic carbocycles. The van der Waals surface area contributed by atoms with Gasteiger partial charge in [-0.15, -0.1) is 0 Å². The zero-order valence-electron chi connectivity index (χ0n) is 20.1. The SMILES string of the molecule is COc1cccc2c1CCC[C@]21CNC[C@H]1C(=O)N1CC[C@@H](c2ccccc2)C[C@H]1CC(F)(F)F. The summed E-state index contributed by atoms with van der Waals surface area (Å²) >= 11 is 0. The number of fused-ring (bicyclic) bond motifs is 2. The van der Waals surface area contributed by atoms with Crippen LogP contribution in [-0.2, 0) is 16.6 Å². The maximum Gasteiger partial charge on any atom is 0.391 e. The zero-order chi connectivity index (χ0) is 24.6. The molecule has 2 aliphatic heterocycles. The number of nitrogens with one attached hydrogen (secondary N) is 1. The number of alkyl halides is 3. The summed E-state index contributed by atoms with van der Waals surface area (Å²) in [4.78, 5) is 15.6. The molecule has 1 N–H and O–H groups in total. The largest absolute Gasteiger partial charge is 0.496 e. The number of nitrogens with zero attached hydrogens (tertiary/aromatic N) is 1. The number of hydrogen-bond donors (Lipinski definition) is 1. The minimum atomic E-state index is -4.32. The highest BCUT2D eigenvalue weighted by molar-refractivity contribution is 5.82. The molecule has 2 aromatic rings. The van der Waals surface area contributed by atoms with Crippen molar-refractivity contribution >= 4 is 5.91 Å². The summed E-state index contributed by atoms with van der Waals surface area (Å²) in [6.45, 7) is 1.51. The number of likely N-dealkylation sites (tertiary alicyclic amines) is 1. The second-order valence-electron chi connectivity index (χ2n) is 10.3. The van der Waals surface area contributed by atoms with Crippen LogP contribution in [0.3, 0.4) is 0 Å². The van der Waals surface area contributed by atoms with Crippen molar-refractivity contribution < 1.29 is 22.7 Å². The Morgan fingerprint density at radius 1 is 1.17 bits per heavy atom. The van der Waals surface area contributed by atoms with E-state index in [1.54, 1.807) is 12.0 Å². The van der Waals surface area contributed by atoms with Gasteiger partial charge in [0.1, 0.15) is 5.75 Å². The number of carbonyl (C=O) groups excluding carboxylic acids is 1. The molecule has 35 heavy (non-hydrogen) atoms. The summed E-state index contributed by atoms with van der Waals surface area (Å²) in [6, 6.07) is 14.9. The van der Waals surface area contributed by atoms with Crippen molar-refractivity contribution in [3.05, 3.63) is 65.2 Å². The Bertz CT molecular complexity index is 1060. The molecule has 1 amide bonds. The van der Waals surface area contributed by atoms with Crippen LogP contribution in [0, 0.1) is 5.92 Å². The number of ether oxygens (including phenoxy) is 1. The summed E-state index contributed by atoms with van der Waals surface area (Å²) in [5.74, 6) is 0.352. The Morgan fingerprint density at radius 2 is 1.97 bits per heavy atom. The third-order valence-corrected chi connectivity index (χ3v) is 8.43. The van der Waals surface area contributed by atoms with Crippen LogP contribution in [0.25, 0.3) is 0 Å². The molecule has 7 heteroatoms. The standard InChI is InChI=1S/C28H33F3N2O2/c1-35-25-11-5-10-23-22(25)9-6-13-27(23)18-32-17-24(27)26(34)33-14-12-20(19-7-3-2-4-8-19)15-21(33)16-28(29,30)31/h2-5,7-8,10-11,20-21,24,32H,6,9,12-18H2,1H3/t20-,21+,24+,27+/m1/s1. The van der Waals surface area contributed by atoms with Crippen molar-refractivity contribution in [1.29, 1.82) is 0 Å². The van der Waals surface area contributed by atoms with E-state index < -0.39 is 24.1 Å². The third kappa shape index (κ3) is 4.55. The molecule has 2 aromatic carbocycles. The molecule has 3 aliphatic rings. The molecule has 4 atom stereocenters. The van der Waals surface area contributed by atoms with Crippen LogP contribution in [0.5, 0.6) is 5.75 Å². The Balaban J connectivity index is 1.45. The number of benzene rings is 2. The van der Waals surface area contributed by atoms with E-state index in [9.17, 15) is 18.0 Å². The molecule has 4 nitrogen and oxygen atoms in total. The molecule has 0 bridgehead atoms. The average molecular weight is 487 g/mol. The van der Waals surface area contributed by atoms with E-state index >= 15 is 0 Å². The summed E-state index contributed by atoms with van der Waals surface area (Å²) in [6.07, 6.45) is -1.59. The lowest BCUT2D eigenvalue weighted by Crippen LogP contribution is -2.54. The topological polar surface area (TPSA) is 41.6 Å². The van der Waals surface area contributed by atoms with Gasteiger partial charge in [-0.25, -0.2) is 0 Å². The molecule has 0 radical (unpaired) electrons. The molecular weight excluding hydrogens is 453 g/mol. The highest BCUT2D eigenvalue weighted by Crippen LogP contribution is 2.48. The van der Waals surface area contributed by atoms with Gasteiger partial charge in [0.2, 0.25) is 5.91 Å². The van der Waals surface area contributed by atoms with Crippen LogP contribution in [0.4, 0.5) is 13.2 Å². The summed E-state index contributed by atoms with van der Waals surface area (Å²) < 4.78 is 46.6. The van der Waals surface area contributed by atoms with Crippen LogP contribution in [0.1, 0.15) is 54.7 Å². The first-order chi connectivity index (χ1) is 16.8. The minimum absolute atomic E-state index is 0.0305. The molecular formula is C28H33F3N2O2. The van der Waals surface area contributed by atoms with Gasteiger partial charge < -0.3 is 15.0 Å². The van der Waals surface area contributed by atoms with Crippen LogP contribution < -0.4 is 10.1 Å². The van der Waals surface area contributed by atoms with Gasteiger partial charge in [-0.1, -0.05) is 42.5 Å². The van der Waals surface area contributed by atoms with Gasteiger partial charge in [-0.2, -0.15) is 13.2 Å². The number of halogens is 3. The molecule has 1 spiro atoms. The van der Waals surface area contributed by atoms with Crippen molar-refractivity contribution in [3.8, 4) is 5.75 Å². The predicted molar refractivity (Wildman–Crippen MR) is 129 cm³/mol. The van der Waals surface area contributed by atoms with Gasteiger partial charge in [0.05, 0.1) is 19.4 Å². The normalized spacial score (nSPS) is 28.7. The molecule has 2 fully saturated rings. The highest BCUT2D eigenvalue weighted by Gasteiger charge is 2.53. The lowest BCUT2D eigenvalue weighted by Gasteiger charge is -2.45. The maximum atomic E-state index is 14.1. The molecule has 5 rings (SSSR count). The fourth-order valence-corrected chi connectivity index (χ4v) is 6.85. The van der Waals surface area contributed by atoms with Crippen molar-refractivity contribution in [1.82, 2.24) is 10.2 Å².